The molecule has 1 aromatic heterocycles. The van der Waals surface area contributed by atoms with Gasteiger partial charge in [-0.15, -0.1) is 0 Å². The molecule has 0 amide bonds. The lowest BCUT2D eigenvalue weighted by Gasteiger charge is -2.08. The summed E-state index contributed by atoms with van der Waals surface area (Å²) in [6, 6.07) is 4.73. The van der Waals surface area contributed by atoms with Gasteiger partial charge < -0.3 is 14.4 Å². The van der Waals surface area contributed by atoms with E-state index in [0.29, 0.717) is 12.1 Å². The quantitative estimate of drug-likeness (QED) is 0.825. The number of nitrogens with zero attached hydrogens (tertiary/aromatic N) is 2. The Kier molecular flexibility index (Phi) is 4.57. The van der Waals surface area contributed by atoms with Gasteiger partial charge in [0, 0.05) is 6.42 Å². The highest BCUT2D eigenvalue weighted by atomic mass is 16.5. The monoisotopic (exact) mass is 290 g/mol. The zero-order chi connectivity index (χ0) is 15.4. The highest BCUT2D eigenvalue weighted by Crippen LogP contribution is 2.19. The Morgan fingerprint density at radius 1 is 1.33 bits per heavy atom. The number of imidazole rings is 1. The van der Waals surface area contributed by atoms with Crippen LogP contribution < -0.4 is 0 Å². The summed E-state index contributed by atoms with van der Waals surface area (Å²) in [5.74, 6) is -0.548. The Hall–Kier alpha value is -2.37. The van der Waals surface area contributed by atoms with Crippen molar-refractivity contribution in [1.29, 1.82) is 0 Å². The first-order valence-corrected chi connectivity index (χ1v) is 6.94. The van der Waals surface area contributed by atoms with Gasteiger partial charge in [0.1, 0.15) is 12.4 Å². The number of hydrogen-bond acceptors (Lipinski definition) is 4. The van der Waals surface area contributed by atoms with Gasteiger partial charge in [-0.3, -0.25) is 4.79 Å². The lowest BCUT2D eigenvalue weighted by atomic mass is 10.2. The lowest BCUT2D eigenvalue weighted by molar-refractivity contribution is -0.143. The topological polar surface area (TPSA) is 81.4 Å². The van der Waals surface area contributed by atoms with Crippen molar-refractivity contribution < 1.29 is 19.4 Å². The standard InChI is InChI=1S/C15H18N2O4/c1-3-5-13-16-11-8-10(15(19)20)6-7-12(11)17(13)9-14(18)21-4-2/h6-8H,3-5,9H2,1-2H3,(H,19,20). The predicted molar refractivity (Wildman–Crippen MR) is 77.3 cm³/mol. The number of aryl methyl sites for hydroxylation is 1. The molecule has 0 unspecified atom stereocenters. The molecule has 0 aliphatic carbocycles. The second-order valence-corrected chi connectivity index (χ2v) is 4.68. The lowest BCUT2D eigenvalue weighted by Crippen LogP contribution is -2.15. The van der Waals surface area contributed by atoms with E-state index in [1.54, 1.807) is 17.6 Å². The Bertz CT molecular complexity index is 676. The molecule has 112 valence electrons. The predicted octanol–water partition coefficient (Wildman–Crippen LogP) is 2.25. The van der Waals surface area contributed by atoms with Crippen LogP contribution in [-0.2, 0) is 22.5 Å². The molecule has 0 fully saturated rings. The number of benzene rings is 1. The van der Waals surface area contributed by atoms with Crippen LogP contribution in [0.2, 0.25) is 0 Å². The molecule has 0 atom stereocenters. The minimum atomic E-state index is -0.992. The molecule has 0 bridgehead atoms. The van der Waals surface area contributed by atoms with Gasteiger partial charge in [0.15, 0.2) is 0 Å². The summed E-state index contributed by atoms with van der Waals surface area (Å²) in [6.45, 7) is 4.20. The normalized spacial score (nSPS) is 10.8. The zero-order valence-corrected chi connectivity index (χ0v) is 12.1. The molecular formula is C15H18N2O4. The molecule has 6 heteroatoms. The van der Waals surface area contributed by atoms with Crippen LogP contribution in [0.3, 0.4) is 0 Å². The van der Waals surface area contributed by atoms with Crippen LogP contribution >= 0.6 is 0 Å². The Morgan fingerprint density at radius 3 is 2.71 bits per heavy atom. The summed E-state index contributed by atoms with van der Waals surface area (Å²) in [5, 5.41) is 9.03. The van der Waals surface area contributed by atoms with E-state index >= 15 is 0 Å². The Balaban J connectivity index is 2.47. The van der Waals surface area contributed by atoms with E-state index in [1.165, 1.54) is 12.1 Å². The fourth-order valence-corrected chi connectivity index (χ4v) is 2.24. The third kappa shape index (κ3) is 3.21. The zero-order valence-electron chi connectivity index (χ0n) is 12.1. The highest BCUT2D eigenvalue weighted by molar-refractivity contribution is 5.92. The number of carbonyl (C=O) groups excluding carboxylic acids is 1. The fraction of sp³-hybridized carbons (Fsp3) is 0.400. The molecule has 1 N–H and O–H groups in total. The number of ether oxygens (including phenoxy) is 1. The average Bonchev–Trinajstić information content (AvgIpc) is 2.76. The van der Waals surface area contributed by atoms with E-state index in [2.05, 4.69) is 4.98 Å². The van der Waals surface area contributed by atoms with Crippen LogP contribution in [-0.4, -0.2) is 33.2 Å². The van der Waals surface area contributed by atoms with Crippen molar-refractivity contribution in [2.75, 3.05) is 6.61 Å². The summed E-state index contributed by atoms with van der Waals surface area (Å²) >= 11 is 0. The number of fused-ring (bicyclic) bond motifs is 1. The van der Waals surface area contributed by atoms with E-state index in [0.717, 1.165) is 24.2 Å². The Morgan fingerprint density at radius 2 is 2.10 bits per heavy atom. The van der Waals surface area contributed by atoms with Gasteiger partial charge in [-0.2, -0.15) is 0 Å². The number of carboxylic acid groups (broad SMARTS) is 1. The summed E-state index contributed by atoms with van der Waals surface area (Å²) < 4.78 is 6.77. The molecule has 6 nitrogen and oxygen atoms in total. The number of carbonyl (C=O) groups is 2. The first-order chi connectivity index (χ1) is 10.1. The number of hydrogen-bond donors (Lipinski definition) is 1. The molecule has 0 saturated carbocycles. The number of rotatable bonds is 6. The summed E-state index contributed by atoms with van der Waals surface area (Å²) in [4.78, 5) is 27.2. The van der Waals surface area contributed by atoms with Gasteiger partial charge in [-0.25, -0.2) is 9.78 Å². The highest BCUT2D eigenvalue weighted by Gasteiger charge is 2.15. The molecule has 1 heterocycles. The number of aromatic nitrogens is 2. The first kappa shape index (κ1) is 15.0. The van der Waals surface area contributed by atoms with Crippen LogP contribution in [0.4, 0.5) is 0 Å². The van der Waals surface area contributed by atoms with Gasteiger partial charge in [-0.1, -0.05) is 6.92 Å². The minimum Gasteiger partial charge on any atom is -0.478 e. The van der Waals surface area contributed by atoms with E-state index in [1.807, 2.05) is 6.92 Å². The van der Waals surface area contributed by atoms with E-state index in [4.69, 9.17) is 9.84 Å². The maximum Gasteiger partial charge on any atom is 0.335 e. The number of carboxylic acids is 1. The molecular weight excluding hydrogens is 272 g/mol. The largest absolute Gasteiger partial charge is 0.478 e. The van der Waals surface area contributed by atoms with E-state index in [9.17, 15) is 9.59 Å². The van der Waals surface area contributed by atoms with Crippen molar-refractivity contribution in [3.8, 4) is 0 Å². The summed E-state index contributed by atoms with van der Waals surface area (Å²) in [5.41, 5.74) is 1.52. The molecule has 0 radical (unpaired) electrons. The van der Waals surface area contributed by atoms with Crippen LogP contribution in [0.1, 0.15) is 36.5 Å². The van der Waals surface area contributed by atoms with E-state index < -0.39 is 5.97 Å². The second kappa shape index (κ2) is 6.39. The van der Waals surface area contributed by atoms with Gasteiger partial charge in [0.2, 0.25) is 0 Å². The van der Waals surface area contributed by atoms with Crippen molar-refractivity contribution in [1.82, 2.24) is 9.55 Å². The van der Waals surface area contributed by atoms with Crippen LogP contribution in [0.15, 0.2) is 18.2 Å². The Labute approximate surface area is 122 Å². The molecule has 2 aromatic rings. The van der Waals surface area contributed by atoms with E-state index in [-0.39, 0.29) is 18.1 Å². The maximum absolute atomic E-state index is 11.7. The third-order valence-electron chi connectivity index (χ3n) is 3.14. The van der Waals surface area contributed by atoms with Crippen LogP contribution in [0, 0.1) is 0 Å². The van der Waals surface area contributed by atoms with Gasteiger partial charge in [-0.05, 0) is 31.5 Å². The summed E-state index contributed by atoms with van der Waals surface area (Å²) in [6.07, 6.45) is 1.61. The molecule has 0 aliphatic rings. The SMILES string of the molecule is CCCc1nc2cc(C(=O)O)ccc2n1CC(=O)OCC. The maximum atomic E-state index is 11.7. The first-order valence-electron chi connectivity index (χ1n) is 6.94. The second-order valence-electron chi connectivity index (χ2n) is 4.68. The molecule has 2 rings (SSSR count). The molecule has 0 aliphatic heterocycles. The summed E-state index contributed by atoms with van der Waals surface area (Å²) in [7, 11) is 0. The molecule has 0 spiro atoms. The molecule has 0 saturated heterocycles. The van der Waals surface area contributed by atoms with Crippen LogP contribution in [0.5, 0.6) is 0 Å². The number of aromatic carboxylic acids is 1. The van der Waals surface area contributed by atoms with Crippen molar-refractivity contribution in [3.05, 3.63) is 29.6 Å². The van der Waals surface area contributed by atoms with Gasteiger partial charge in [0.25, 0.3) is 0 Å². The van der Waals surface area contributed by atoms with Crippen molar-refractivity contribution >= 4 is 23.0 Å². The smallest absolute Gasteiger partial charge is 0.335 e. The van der Waals surface area contributed by atoms with Gasteiger partial charge in [0.05, 0.1) is 23.2 Å². The van der Waals surface area contributed by atoms with Gasteiger partial charge >= 0.3 is 11.9 Å². The minimum absolute atomic E-state index is 0.0894. The average molecular weight is 290 g/mol. The molecule has 21 heavy (non-hydrogen) atoms. The molecule has 1 aromatic carbocycles. The number of esters is 1. The van der Waals surface area contributed by atoms with Crippen molar-refractivity contribution in [3.63, 3.8) is 0 Å². The van der Waals surface area contributed by atoms with Crippen molar-refractivity contribution in [2.45, 2.75) is 33.2 Å². The van der Waals surface area contributed by atoms with Crippen molar-refractivity contribution in [2.24, 2.45) is 0 Å². The third-order valence-corrected chi connectivity index (χ3v) is 3.14. The van der Waals surface area contributed by atoms with Crippen LogP contribution in [0.25, 0.3) is 11.0 Å². The fourth-order valence-electron chi connectivity index (χ4n) is 2.24.